The van der Waals surface area contributed by atoms with Crippen LogP contribution in [0.4, 0.5) is 0 Å². The fourth-order valence-corrected chi connectivity index (χ4v) is 1.91. The number of aromatic hydroxyl groups is 1. The Balaban J connectivity index is 2.06. The molecule has 4 heteroatoms. The highest BCUT2D eigenvalue weighted by Gasteiger charge is 2.06. The van der Waals surface area contributed by atoms with E-state index >= 15 is 0 Å². The normalized spacial score (nSPS) is 10.3. The molecular weight excluding hydrogens is 254 g/mol. The van der Waals surface area contributed by atoms with Crippen LogP contribution in [0, 0.1) is 0 Å². The Hall–Kier alpha value is -2.20. The smallest absolute Gasteiger partial charge is 0.161 e. The van der Waals surface area contributed by atoms with Crippen LogP contribution in [0.5, 0.6) is 17.2 Å². The average Bonchev–Trinajstić information content (AvgIpc) is 2.47. The first-order valence-electron chi connectivity index (χ1n) is 6.50. The number of methoxy groups -OCH3 is 1. The lowest BCUT2D eigenvalue weighted by atomic mass is 10.1. The molecule has 0 fully saturated rings. The van der Waals surface area contributed by atoms with Crippen molar-refractivity contribution in [2.24, 2.45) is 5.73 Å². The first-order valence-corrected chi connectivity index (χ1v) is 6.50. The van der Waals surface area contributed by atoms with E-state index in [1.807, 2.05) is 30.3 Å². The van der Waals surface area contributed by atoms with E-state index in [9.17, 15) is 5.11 Å². The molecule has 0 amide bonds. The van der Waals surface area contributed by atoms with Gasteiger partial charge in [-0.3, -0.25) is 0 Å². The first-order chi connectivity index (χ1) is 9.72. The van der Waals surface area contributed by atoms with Crippen LogP contribution in [-0.2, 0) is 13.0 Å². The molecule has 0 aromatic heterocycles. The summed E-state index contributed by atoms with van der Waals surface area (Å²) in [5.74, 6) is 1.65. The Morgan fingerprint density at radius 1 is 1.00 bits per heavy atom. The minimum atomic E-state index is 0.248. The third-order valence-electron chi connectivity index (χ3n) is 2.99. The van der Waals surface area contributed by atoms with Crippen molar-refractivity contribution in [3.63, 3.8) is 0 Å². The molecule has 0 bridgehead atoms. The average molecular weight is 273 g/mol. The van der Waals surface area contributed by atoms with Gasteiger partial charge in [0.1, 0.15) is 12.4 Å². The number of benzene rings is 2. The zero-order chi connectivity index (χ0) is 14.4. The minimum Gasteiger partial charge on any atom is -0.508 e. The van der Waals surface area contributed by atoms with Gasteiger partial charge in [0.15, 0.2) is 11.5 Å². The second kappa shape index (κ2) is 6.82. The highest BCUT2D eigenvalue weighted by Crippen LogP contribution is 2.29. The third kappa shape index (κ3) is 3.65. The Morgan fingerprint density at radius 2 is 1.70 bits per heavy atom. The zero-order valence-electron chi connectivity index (χ0n) is 11.5. The van der Waals surface area contributed by atoms with Crippen molar-refractivity contribution >= 4 is 0 Å². The van der Waals surface area contributed by atoms with Crippen LogP contribution >= 0.6 is 0 Å². The van der Waals surface area contributed by atoms with Gasteiger partial charge in [-0.25, -0.2) is 0 Å². The van der Waals surface area contributed by atoms with Gasteiger partial charge in [-0.2, -0.15) is 0 Å². The summed E-state index contributed by atoms with van der Waals surface area (Å²) in [5, 5.41) is 9.23. The summed E-state index contributed by atoms with van der Waals surface area (Å²) in [7, 11) is 1.62. The summed E-state index contributed by atoms with van der Waals surface area (Å²) in [4.78, 5) is 0. The molecule has 106 valence electrons. The van der Waals surface area contributed by atoms with Crippen LogP contribution in [0.2, 0.25) is 0 Å². The number of phenolic OH excluding ortho intramolecular Hbond substituents is 1. The van der Waals surface area contributed by atoms with Crippen molar-refractivity contribution in [3.8, 4) is 17.2 Å². The molecule has 2 aromatic rings. The second-order valence-electron chi connectivity index (χ2n) is 4.48. The van der Waals surface area contributed by atoms with Gasteiger partial charge < -0.3 is 20.3 Å². The summed E-state index contributed by atoms with van der Waals surface area (Å²) in [6.07, 6.45) is 0.814. The molecule has 4 nitrogen and oxygen atoms in total. The van der Waals surface area contributed by atoms with Crippen LogP contribution in [0.1, 0.15) is 11.1 Å². The summed E-state index contributed by atoms with van der Waals surface area (Å²) in [6.45, 7) is 1.03. The predicted molar refractivity (Wildman–Crippen MR) is 78.2 cm³/mol. The van der Waals surface area contributed by atoms with E-state index in [-0.39, 0.29) is 5.75 Å². The molecular formula is C16H19NO3. The Kier molecular flexibility index (Phi) is 4.85. The second-order valence-corrected chi connectivity index (χ2v) is 4.48. The van der Waals surface area contributed by atoms with Crippen molar-refractivity contribution in [2.45, 2.75) is 13.0 Å². The van der Waals surface area contributed by atoms with Crippen molar-refractivity contribution in [1.82, 2.24) is 0 Å². The third-order valence-corrected chi connectivity index (χ3v) is 2.99. The fourth-order valence-electron chi connectivity index (χ4n) is 1.91. The van der Waals surface area contributed by atoms with Gasteiger partial charge in [-0.1, -0.05) is 18.2 Å². The molecule has 0 saturated heterocycles. The fraction of sp³-hybridized carbons (Fsp3) is 0.250. The zero-order valence-corrected chi connectivity index (χ0v) is 11.5. The predicted octanol–water partition coefficient (Wildman–Crippen LogP) is 2.48. The van der Waals surface area contributed by atoms with Gasteiger partial charge in [0.2, 0.25) is 0 Å². The SMILES string of the molecule is COc1cc(CCN)ccc1OCc1ccc(O)cc1. The van der Waals surface area contributed by atoms with Crippen molar-refractivity contribution in [3.05, 3.63) is 53.6 Å². The standard InChI is InChI=1S/C16H19NO3/c1-19-16-10-12(8-9-17)4-7-15(16)20-11-13-2-5-14(18)6-3-13/h2-7,10,18H,8-9,11,17H2,1H3. The van der Waals surface area contributed by atoms with Gasteiger partial charge in [-0.05, 0) is 48.4 Å². The van der Waals surface area contributed by atoms with Crippen molar-refractivity contribution < 1.29 is 14.6 Å². The molecule has 0 radical (unpaired) electrons. The molecule has 0 saturated carbocycles. The van der Waals surface area contributed by atoms with Crippen LogP contribution < -0.4 is 15.2 Å². The molecule has 2 rings (SSSR count). The largest absolute Gasteiger partial charge is 0.508 e. The monoisotopic (exact) mass is 273 g/mol. The van der Waals surface area contributed by atoms with Crippen molar-refractivity contribution in [1.29, 1.82) is 0 Å². The lowest BCUT2D eigenvalue weighted by molar-refractivity contribution is 0.284. The maximum atomic E-state index is 9.23. The number of nitrogens with two attached hydrogens (primary N) is 1. The molecule has 0 heterocycles. The van der Waals surface area contributed by atoms with E-state index < -0.39 is 0 Å². The van der Waals surface area contributed by atoms with Crippen LogP contribution in [-0.4, -0.2) is 18.8 Å². The highest BCUT2D eigenvalue weighted by molar-refractivity contribution is 5.43. The van der Waals surface area contributed by atoms with Crippen molar-refractivity contribution in [2.75, 3.05) is 13.7 Å². The molecule has 2 aromatic carbocycles. The van der Waals surface area contributed by atoms with E-state index in [2.05, 4.69) is 0 Å². The maximum absolute atomic E-state index is 9.23. The molecule has 0 aliphatic rings. The van der Waals surface area contributed by atoms with Crippen LogP contribution in [0.25, 0.3) is 0 Å². The van der Waals surface area contributed by atoms with E-state index in [1.165, 1.54) is 0 Å². The quantitative estimate of drug-likeness (QED) is 0.848. The van der Waals surface area contributed by atoms with Gasteiger partial charge in [0.25, 0.3) is 0 Å². The van der Waals surface area contributed by atoms with Gasteiger partial charge in [0.05, 0.1) is 7.11 Å². The molecule has 0 atom stereocenters. The molecule has 3 N–H and O–H groups in total. The molecule has 20 heavy (non-hydrogen) atoms. The summed E-state index contributed by atoms with van der Waals surface area (Å²) in [6, 6.07) is 12.8. The molecule has 0 spiro atoms. The van der Waals surface area contributed by atoms with Crippen LogP contribution in [0.15, 0.2) is 42.5 Å². The lowest BCUT2D eigenvalue weighted by Crippen LogP contribution is -2.03. The molecule has 0 unspecified atom stereocenters. The topological polar surface area (TPSA) is 64.7 Å². The number of hydrogen-bond acceptors (Lipinski definition) is 4. The number of ether oxygens (including phenoxy) is 2. The van der Waals surface area contributed by atoms with E-state index in [4.69, 9.17) is 15.2 Å². The van der Waals surface area contributed by atoms with Gasteiger partial charge >= 0.3 is 0 Å². The number of hydrogen-bond donors (Lipinski definition) is 2. The Bertz CT molecular complexity index is 552. The van der Waals surface area contributed by atoms with E-state index in [0.717, 1.165) is 17.5 Å². The Labute approximate surface area is 118 Å². The lowest BCUT2D eigenvalue weighted by Gasteiger charge is -2.12. The summed E-state index contributed by atoms with van der Waals surface area (Å²) in [5.41, 5.74) is 7.65. The summed E-state index contributed by atoms with van der Waals surface area (Å²) >= 11 is 0. The minimum absolute atomic E-state index is 0.248. The molecule has 0 aliphatic heterocycles. The highest BCUT2D eigenvalue weighted by atomic mass is 16.5. The van der Waals surface area contributed by atoms with E-state index in [0.29, 0.717) is 24.7 Å². The van der Waals surface area contributed by atoms with Gasteiger partial charge in [-0.15, -0.1) is 0 Å². The number of phenols is 1. The number of rotatable bonds is 6. The maximum Gasteiger partial charge on any atom is 0.161 e. The molecule has 0 aliphatic carbocycles. The van der Waals surface area contributed by atoms with Crippen LogP contribution in [0.3, 0.4) is 0 Å². The van der Waals surface area contributed by atoms with E-state index in [1.54, 1.807) is 19.2 Å². The Morgan fingerprint density at radius 3 is 2.35 bits per heavy atom. The summed E-state index contributed by atoms with van der Waals surface area (Å²) < 4.78 is 11.1. The first kappa shape index (κ1) is 14.2. The van der Waals surface area contributed by atoms with Gasteiger partial charge in [0, 0.05) is 0 Å².